The summed E-state index contributed by atoms with van der Waals surface area (Å²) >= 11 is 0. The minimum Gasteiger partial charge on any atom is -0.399 e. The highest BCUT2D eigenvalue weighted by Crippen LogP contribution is 2.13. The number of rotatable bonds is 2. The molecule has 2 aromatic carbocycles. The summed E-state index contributed by atoms with van der Waals surface area (Å²) in [6.45, 7) is 0. The lowest BCUT2D eigenvalue weighted by molar-refractivity contribution is 0.381. The molecule has 23 heavy (non-hydrogen) atoms. The minimum atomic E-state index is -4.67. The highest BCUT2D eigenvalue weighted by atomic mass is 32.3. The summed E-state index contributed by atoms with van der Waals surface area (Å²) in [5.74, 6) is 0.855. The van der Waals surface area contributed by atoms with Crippen molar-refractivity contribution in [1.82, 2.24) is 9.97 Å². The fourth-order valence-electron chi connectivity index (χ4n) is 1.83. The Morgan fingerprint density at radius 2 is 1.61 bits per heavy atom. The second-order valence-corrected chi connectivity index (χ2v) is 5.48. The monoisotopic (exact) mass is 333 g/mol. The molecule has 3 rings (SSSR count). The molecule has 120 valence electrons. The first-order chi connectivity index (χ1) is 10.8. The number of nitrogens with zero attached hydrogens (tertiary/aromatic N) is 1. The van der Waals surface area contributed by atoms with E-state index in [1.807, 2.05) is 60.7 Å². The summed E-state index contributed by atoms with van der Waals surface area (Å²) in [7, 11) is -4.67. The maximum absolute atomic E-state index is 8.74. The molecule has 0 saturated heterocycles. The molecule has 5 N–H and O–H groups in total. The standard InChI is InChI=1S/C15H13N3.H2O4S/c16-12-8-5-11(6-9-12)7-10-15-17-13-3-1-2-4-14(13)18-15;1-5(2,3)4/h1-10H,16H2,(H,17,18);(H2,1,2,3,4)/b10-7+;. The molecule has 0 atom stereocenters. The van der Waals surface area contributed by atoms with Crippen LogP contribution < -0.4 is 5.73 Å². The first kappa shape index (κ1) is 16.7. The highest BCUT2D eigenvalue weighted by molar-refractivity contribution is 7.79. The number of aromatic amines is 1. The Kier molecular flexibility index (Phi) is 5.12. The van der Waals surface area contributed by atoms with Gasteiger partial charge in [-0.05, 0) is 35.9 Å². The van der Waals surface area contributed by atoms with Gasteiger partial charge in [-0.15, -0.1) is 0 Å². The summed E-state index contributed by atoms with van der Waals surface area (Å²) in [4.78, 5) is 7.73. The van der Waals surface area contributed by atoms with Gasteiger partial charge in [-0.25, -0.2) is 4.98 Å². The summed E-state index contributed by atoms with van der Waals surface area (Å²) in [5.41, 5.74) is 9.55. The van der Waals surface area contributed by atoms with E-state index in [2.05, 4.69) is 9.97 Å². The van der Waals surface area contributed by atoms with Gasteiger partial charge in [0.05, 0.1) is 11.0 Å². The Balaban J connectivity index is 0.000000338. The number of hydrogen-bond acceptors (Lipinski definition) is 4. The molecule has 0 saturated carbocycles. The molecule has 0 aliphatic carbocycles. The Bertz CT molecular complexity index is 874. The van der Waals surface area contributed by atoms with Gasteiger partial charge in [0, 0.05) is 5.69 Å². The maximum atomic E-state index is 8.74. The van der Waals surface area contributed by atoms with Crippen LogP contribution in [0.25, 0.3) is 23.2 Å². The molecular formula is C15H15N3O4S. The van der Waals surface area contributed by atoms with Crippen LogP contribution in [0.5, 0.6) is 0 Å². The van der Waals surface area contributed by atoms with E-state index in [0.717, 1.165) is 28.1 Å². The van der Waals surface area contributed by atoms with Crippen molar-refractivity contribution in [2.24, 2.45) is 0 Å². The third-order valence-electron chi connectivity index (χ3n) is 2.78. The SMILES string of the molecule is Nc1ccc(/C=C/c2nc3ccccc3[nH]2)cc1.O=S(=O)(O)O. The van der Waals surface area contributed by atoms with Crippen molar-refractivity contribution >= 4 is 39.3 Å². The van der Waals surface area contributed by atoms with Gasteiger partial charge in [0.2, 0.25) is 0 Å². The predicted molar refractivity (Wildman–Crippen MR) is 90.1 cm³/mol. The van der Waals surface area contributed by atoms with Crippen molar-refractivity contribution in [2.45, 2.75) is 0 Å². The van der Waals surface area contributed by atoms with Gasteiger partial charge in [0.15, 0.2) is 0 Å². The van der Waals surface area contributed by atoms with Crippen LogP contribution in [-0.2, 0) is 10.4 Å². The fourth-order valence-corrected chi connectivity index (χ4v) is 1.83. The summed E-state index contributed by atoms with van der Waals surface area (Å²) < 4.78 is 31.6. The van der Waals surface area contributed by atoms with Crippen molar-refractivity contribution in [3.63, 3.8) is 0 Å². The lowest BCUT2D eigenvalue weighted by Crippen LogP contribution is -1.89. The van der Waals surface area contributed by atoms with E-state index in [1.165, 1.54) is 0 Å². The van der Waals surface area contributed by atoms with E-state index < -0.39 is 10.4 Å². The van der Waals surface area contributed by atoms with E-state index in [0.29, 0.717) is 0 Å². The first-order valence-electron chi connectivity index (χ1n) is 6.49. The molecule has 0 aliphatic rings. The Morgan fingerprint density at radius 1 is 1.00 bits per heavy atom. The number of anilines is 1. The van der Waals surface area contributed by atoms with Gasteiger partial charge in [0.1, 0.15) is 5.82 Å². The topological polar surface area (TPSA) is 129 Å². The number of benzene rings is 2. The van der Waals surface area contributed by atoms with E-state index in [1.54, 1.807) is 0 Å². The van der Waals surface area contributed by atoms with Gasteiger partial charge in [-0.3, -0.25) is 9.11 Å². The van der Waals surface area contributed by atoms with Crippen molar-refractivity contribution in [3.05, 3.63) is 59.9 Å². The third-order valence-corrected chi connectivity index (χ3v) is 2.78. The summed E-state index contributed by atoms with van der Waals surface area (Å²) in [6, 6.07) is 15.7. The largest absolute Gasteiger partial charge is 0.399 e. The first-order valence-corrected chi connectivity index (χ1v) is 7.89. The molecule has 1 aromatic heterocycles. The number of aromatic nitrogens is 2. The van der Waals surface area contributed by atoms with E-state index in [4.69, 9.17) is 23.3 Å². The van der Waals surface area contributed by atoms with Crippen molar-refractivity contribution in [1.29, 1.82) is 0 Å². The minimum absolute atomic E-state index is 0.774. The van der Waals surface area contributed by atoms with Crippen molar-refractivity contribution < 1.29 is 17.5 Å². The van der Waals surface area contributed by atoms with Crippen LogP contribution in [0.15, 0.2) is 48.5 Å². The predicted octanol–water partition coefficient (Wildman–Crippen LogP) is 2.66. The normalized spacial score (nSPS) is 11.4. The second kappa shape index (κ2) is 7.05. The number of hydrogen-bond donors (Lipinski definition) is 4. The van der Waals surface area contributed by atoms with Gasteiger partial charge >= 0.3 is 10.4 Å². The number of para-hydroxylation sites is 2. The molecule has 0 unspecified atom stereocenters. The van der Waals surface area contributed by atoms with Crippen LogP contribution in [0, 0.1) is 0 Å². The molecule has 0 bridgehead atoms. The molecule has 0 radical (unpaired) electrons. The van der Waals surface area contributed by atoms with Crippen LogP contribution in [-0.4, -0.2) is 27.5 Å². The molecule has 8 heteroatoms. The third kappa shape index (κ3) is 5.91. The average molecular weight is 333 g/mol. The molecule has 0 spiro atoms. The van der Waals surface area contributed by atoms with Crippen molar-refractivity contribution in [3.8, 4) is 0 Å². The van der Waals surface area contributed by atoms with E-state index >= 15 is 0 Å². The summed E-state index contributed by atoms with van der Waals surface area (Å²) in [5, 5.41) is 0. The molecule has 0 fully saturated rings. The Morgan fingerprint density at radius 3 is 2.22 bits per heavy atom. The van der Waals surface area contributed by atoms with Gasteiger partial charge in [-0.2, -0.15) is 8.42 Å². The number of H-pyrrole nitrogens is 1. The quantitative estimate of drug-likeness (QED) is 0.421. The van der Waals surface area contributed by atoms with Gasteiger partial charge in [-0.1, -0.05) is 30.3 Å². The van der Waals surface area contributed by atoms with Crippen molar-refractivity contribution in [2.75, 3.05) is 5.73 Å². The molecular weight excluding hydrogens is 318 g/mol. The van der Waals surface area contributed by atoms with Crippen LogP contribution in [0.3, 0.4) is 0 Å². The van der Waals surface area contributed by atoms with Crippen LogP contribution in [0.2, 0.25) is 0 Å². The van der Waals surface area contributed by atoms with Crippen LogP contribution in [0.4, 0.5) is 5.69 Å². The highest BCUT2D eigenvalue weighted by Gasteiger charge is 1.97. The number of imidazole rings is 1. The number of nitrogens with two attached hydrogens (primary N) is 1. The number of nitrogens with one attached hydrogen (secondary N) is 1. The van der Waals surface area contributed by atoms with Crippen LogP contribution >= 0.6 is 0 Å². The average Bonchev–Trinajstić information content (AvgIpc) is 2.88. The maximum Gasteiger partial charge on any atom is 0.394 e. The molecule has 1 heterocycles. The lowest BCUT2D eigenvalue weighted by atomic mass is 10.2. The molecule has 3 aromatic rings. The number of nitrogen functional groups attached to an aromatic ring is 1. The van der Waals surface area contributed by atoms with Crippen LogP contribution in [0.1, 0.15) is 11.4 Å². The number of fused-ring (bicyclic) bond motifs is 1. The van der Waals surface area contributed by atoms with Gasteiger partial charge < -0.3 is 10.7 Å². The molecule has 0 aliphatic heterocycles. The Hall–Kier alpha value is -2.68. The van der Waals surface area contributed by atoms with E-state index in [-0.39, 0.29) is 0 Å². The smallest absolute Gasteiger partial charge is 0.394 e. The zero-order valence-corrected chi connectivity index (χ0v) is 12.7. The zero-order valence-electron chi connectivity index (χ0n) is 11.9. The lowest BCUT2D eigenvalue weighted by Gasteiger charge is -1.93. The Labute approximate surface area is 133 Å². The summed E-state index contributed by atoms with van der Waals surface area (Å²) in [6.07, 6.45) is 3.97. The fraction of sp³-hybridized carbons (Fsp3) is 0. The zero-order chi connectivity index (χ0) is 16.9. The van der Waals surface area contributed by atoms with Gasteiger partial charge in [0.25, 0.3) is 0 Å². The van der Waals surface area contributed by atoms with E-state index in [9.17, 15) is 0 Å². The molecule has 7 nitrogen and oxygen atoms in total. The molecule has 0 amide bonds. The second-order valence-electron chi connectivity index (χ2n) is 4.59.